The van der Waals surface area contributed by atoms with Gasteiger partial charge in [-0.2, -0.15) is 0 Å². The van der Waals surface area contributed by atoms with Gasteiger partial charge in [0.05, 0.1) is 10.5 Å². The van der Waals surface area contributed by atoms with Crippen LogP contribution < -0.4 is 10.0 Å². The number of hydrogen-bond donors (Lipinski definition) is 2. The minimum atomic E-state index is -3.82. The van der Waals surface area contributed by atoms with Crippen molar-refractivity contribution in [3.63, 3.8) is 0 Å². The Morgan fingerprint density at radius 3 is 2.08 bits per heavy atom. The van der Waals surface area contributed by atoms with Gasteiger partial charge in [0, 0.05) is 11.2 Å². The largest absolute Gasteiger partial charge is 0.452 e. The zero-order valence-electron chi connectivity index (χ0n) is 22.7. The number of sulfonamides is 1. The highest BCUT2D eigenvalue weighted by atomic mass is 32.2. The van der Waals surface area contributed by atoms with Crippen LogP contribution in [0, 0.1) is 24.7 Å². The molecule has 7 nitrogen and oxygen atoms in total. The van der Waals surface area contributed by atoms with Gasteiger partial charge in [0.1, 0.15) is 0 Å². The van der Waals surface area contributed by atoms with Crippen LogP contribution in [0.25, 0.3) is 0 Å². The van der Waals surface area contributed by atoms with Crippen LogP contribution in [0.1, 0.15) is 80.8 Å². The maximum absolute atomic E-state index is 13.1. The minimum Gasteiger partial charge on any atom is -0.452 e. The first-order valence-corrected chi connectivity index (χ1v) is 15.0. The zero-order chi connectivity index (χ0) is 27.3. The van der Waals surface area contributed by atoms with E-state index in [1.54, 1.807) is 13.0 Å². The summed E-state index contributed by atoms with van der Waals surface area (Å²) in [4.78, 5) is 25.4. The Bertz CT molecular complexity index is 1310. The van der Waals surface area contributed by atoms with Crippen molar-refractivity contribution in [1.29, 1.82) is 0 Å². The molecule has 0 aromatic heterocycles. The number of hydrogen-bond acceptors (Lipinski definition) is 5. The Morgan fingerprint density at radius 2 is 1.53 bits per heavy atom. The second kappa shape index (κ2) is 9.70. The highest BCUT2D eigenvalue weighted by Gasteiger charge is 2.51. The quantitative estimate of drug-likeness (QED) is 0.464. The van der Waals surface area contributed by atoms with Crippen LogP contribution in [0.5, 0.6) is 0 Å². The van der Waals surface area contributed by atoms with Crippen molar-refractivity contribution in [2.45, 2.75) is 82.1 Å². The molecule has 4 aliphatic carbocycles. The molecule has 4 aliphatic rings. The summed E-state index contributed by atoms with van der Waals surface area (Å²) < 4.78 is 34.1. The van der Waals surface area contributed by atoms with Gasteiger partial charge >= 0.3 is 5.97 Å². The molecule has 0 heterocycles. The van der Waals surface area contributed by atoms with E-state index in [2.05, 4.69) is 10.0 Å². The molecule has 2 aromatic rings. The smallest absolute Gasteiger partial charge is 0.338 e. The average molecular weight is 539 g/mol. The maximum Gasteiger partial charge on any atom is 0.338 e. The number of rotatable bonds is 7. The standard InChI is InChI=1S/C30H38N2O5S/c1-19-5-8-24(29(2,3)4)14-26(19)38(35,36)32-25-9-6-23(7-10-25)28(34)37-18-27(33)31-30-15-20-11-21(16-30)13-22(12-20)17-30/h5-10,14,20-22,32H,11-13,15-18H2,1-4H3,(H,31,33). The lowest BCUT2D eigenvalue weighted by Gasteiger charge is -2.56. The molecule has 4 bridgehead atoms. The molecule has 4 saturated carbocycles. The third kappa shape index (κ3) is 5.60. The van der Waals surface area contributed by atoms with E-state index in [4.69, 9.17) is 4.74 Å². The highest BCUT2D eigenvalue weighted by molar-refractivity contribution is 7.92. The van der Waals surface area contributed by atoms with E-state index in [0.29, 0.717) is 29.0 Å². The molecule has 204 valence electrons. The summed E-state index contributed by atoms with van der Waals surface area (Å²) in [6, 6.07) is 11.5. The molecule has 38 heavy (non-hydrogen) atoms. The van der Waals surface area contributed by atoms with E-state index < -0.39 is 16.0 Å². The van der Waals surface area contributed by atoms with Crippen LogP contribution in [0.15, 0.2) is 47.4 Å². The Hall–Kier alpha value is -2.87. The number of aryl methyl sites for hydroxylation is 1. The Balaban J connectivity index is 1.17. The van der Waals surface area contributed by atoms with Crippen LogP contribution in [0.2, 0.25) is 0 Å². The van der Waals surface area contributed by atoms with E-state index in [1.165, 1.54) is 43.5 Å². The summed E-state index contributed by atoms with van der Waals surface area (Å²) >= 11 is 0. The summed E-state index contributed by atoms with van der Waals surface area (Å²) in [7, 11) is -3.82. The third-order valence-corrected chi connectivity index (χ3v) is 10.0. The van der Waals surface area contributed by atoms with Crippen LogP contribution >= 0.6 is 0 Å². The third-order valence-electron chi connectivity index (χ3n) is 8.49. The number of benzene rings is 2. The van der Waals surface area contributed by atoms with Gasteiger partial charge in [-0.3, -0.25) is 9.52 Å². The molecule has 0 spiro atoms. The molecule has 0 unspecified atom stereocenters. The molecule has 8 heteroatoms. The number of ether oxygens (including phenoxy) is 1. The predicted octanol–water partition coefficient (Wildman–Crippen LogP) is 5.34. The SMILES string of the molecule is Cc1ccc(C(C)(C)C)cc1S(=O)(=O)Nc1ccc(C(=O)OCC(=O)NC23CC4CC(CC(C4)C2)C3)cc1. The predicted molar refractivity (Wildman–Crippen MR) is 146 cm³/mol. The average Bonchev–Trinajstić information content (AvgIpc) is 2.81. The van der Waals surface area contributed by atoms with Crippen molar-refractivity contribution in [2.24, 2.45) is 17.8 Å². The highest BCUT2D eigenvalue weighted by Crippen LogP contribution is 2.55. The first kappa shape index (κ1) is 26.7. The monoisotopic (exact) mass is 538 g/mol. The summed E-state index contributed by atoms with van der Waals surface area (Å²) in [6.45, 7) is 7.54. The molecule has 0 atom stereocenters. The van der Waals surface area contributed by atoms with E-state index in [9.17, 15) is 18.0 Å². The summed E-state index contributed by atoms with van der Waals surface area (Å²) in [6.07, 6.45) is 6.99. The van der Waals surface area contributed by atoms with Gasteiger partial charge in [-0.05, 0) is 110 Å². The molecular weight excluding hydrogens is 500 g/mol. The van der Waals surface area contributed by atoms with Gasteiger partial charge in [0.2, 0.25) is 0 Å². The van der Waals surface area contributed by atoms with Crippen LogP contribution in [0.4, 0.5) is 5.69 Å². The fourth-order valence-corrected chi connectivity index (χ4v) is 8.38. The van der Waals surface area contributed by atoms with E-state index >= 15 is 0 Å². The van der Waals surface area contributed by atoms with Crippen molar-refractivity contribution in [1.82, 2.24) is 5.32 Å². The van der Waals surface area contributed by atoms with Gasteiger partial charge in [-0.1, -0.05) is 32.9 Å². The van der Waals surface area contributed by atoms with E-state index in [-0.39, 0.29) is 33.9 Å². The van der Waals surface area contributed by atoms with Crippen molar-refractivity contribution in [3.8, 4) is 0 Å². The maximum atomic E-state index is 13.1. The lowest BCUT2D eigenvalue weighted by Crippen LogP contribution is -2.60. The molecule has 4 fully saturated rings. The van der Waals surface area contributed by atoms with Gasteiger partial charge < -0.3 is 10.1 Å². The molecule has 6 rings (SSSR count). The number of nitrogens with one attached hydrogen (secondary N) is 2. The van der Waals surface area contributed by atoms with E-state index in [1.807, 2.05) is 32.9 Å². The number of amides is 1. The summed E-state index contributed by atoms with van der Waals surface area (Å²) in [5.41, 5.74) is 1.85. The molecule has 2 aromatic carbocycles. The van der Waals surface area contributed by atoms with Gasteiger partial charge in [-0.25, -0.2) is 13.2 Å². The fourth-order valence-electron chi connectivity index (χ4n) is 7.05. The number of carbonyl (C=O) groups excluding carboxylic acids is 2. The lowest BCUT2D eigenvalue weighted by molar-refractivity contribution is -0.130. The van der Waals surface area contributed by atoms with E-state index in [0.717, 1.165) is 24.8 Å². The van der Waals surface area contributed by atoms with Crippen molar-refractivity contribution < 1.29 is 22.7 Å². The first-order chi connectivity index (χ1) is 17.8. The number of anilines is 1. The molecule has 2 N–H and O–H groups in total. The fraction of sp³-hybridized carbons (Fsp3) is 0.533. The number of carbonyl (C=O) groups is 2. The number of esters is 1. The first-order valence-electron chi connectivity index (χ1n) is 13.5. The Kier molecular flexibility index (Phi) is 6.83. The Labute approximate surface area is 225 Å². The molecule has 0 aliphatic heterocycles. The minimum absolute atomic E-state index is 0.123. The molecular formula is C30H38N2O5S. The van der Waals surface area contributed by atoms with Crippen LogP contribution in [-0.4, -0.2) is 32.4 Å². The lowest BCUT2D eigenvalue weighted by atomic mass is 9.53. The molecule has 0 radical (unpaired) electrons. The normalized spacial score (nSPS) is 26.2. The molecule has 1 amide bonds. The topological polar surface area (TPSA) is 102 Å². The second-order valence-corrected chi connectivity index (χ2v) is 14.4. The Morgan fingerprint density at radius 1 is 0.947 bits per heavy atom. The molecule has 0 saturated heterocycles. The van der Waals surface area contributed by atoms with Crippen molar-refractivity contribution in [3.05, 3.63) is 59.2 Å². The van der Waals surface area contributed by atoms with Gasteiger partial charge in [-0.15, -0.1) is 0 Å². The van der Waals surface area contributed by atoms with Gasteiger partial charge in [0.15, 0.2) is 6.61 Å². The summed E-state index contributed by atoms with van der Waals surface area (Å²) in [5, 5.41) is 3.21. The van der Waals surface area contributed by atoms with Crippen LogP contribution in [-0.2, 0) is 25.0 Å². The zero-order valence-corrected chi connectivity index (χ0v) is 23.5. The summed E-state index contributed by atoms with van der Waals surface area (Å²) in [5.74, 6) is 1.27. The van der Waals surface area contributed by atoms with Crippen LogP contribution in [0.3, 0.4) is 0 Å². The van der Waals surface area contributed by atoms with Crippen molar-refractivity contribution >= 4 is 27.6 Å². The second-order valence-electron chi connectivity index (χ2n) is 12.7. The van der Waals surface area contributed by atoms with Gasteiger partial charge in [0.25, 0.3) is 15.9 Å². The van der Waals surface area contributed by atoms with Crippen molar-refractivity contribution in [2.75, 3.05) is 11.3 Å².